The van der Waals surface area contributed by atoms with E-state index in [1.165, 1.54) is 43.7 Å². The predicted molar refractivity (Wildman–Crippen MR) is 137 cm³/mol. The Kier molecular flexibility index (Phi) is 5.85. The molecule has 3 aromatic rings. The summed E-state index contributed by atoms with van der Waals surface area (Å²) in [6, 6.07) is 10.7. The molecule has 0 spiro atoms. The van der Waals surface area contributed by atoms with Gasteiger partial charge in [-0.05, 0) is 86.0 Å². The summed E-state index contributed by atoms with van der Waals surface area (Å²) < 4.78 is 40.8. The van der Waals surface area contributed by atoms with Crippen molar-refractivity contribution in [3.63, 3.8) is 0 Å². The van der Waals surface area contributed by atoms with E-state index >= 15 is 0 Å². The molecule has 198 valence electrons. The molecule has 0 aliphatic heterocycles. The molecule has 2 aromatic carbocycles. The zero-order valence-corrected chi connectivity index (χ0v) is 20.7. The van der Waals surface area contributed by atoms with Crippen molar-refractivity contribution in [3.8, 4) is 11.6 Å². The van der Waals surface area contributed by atoms with Crippen LogP contribution >= 0.6 is 0 Å². The first-order valence-electron chi connectivity index (χ1n) is 13.0. The number of amides is 1. The minimum absolute atomic E-state index is 0.0416. The predicted octanol–water partition coefficient (Wildman–Crippen LogP) is 5.77. The van der Waals surface area contributed by atoms with Crippen molar-refractivity contribution in [1.29, 1.82) is 0 Å². The molecule has 0 unspecified atom stereocenters. The zero-order chi connectivity index (χ0) is 26.7. The number of pyridine rings is 1. The van der Waals surface area contributed by atoms with E-state index < -0.39 is 23.2 Å². The van der Waals surface area contributed by atoms with E-state index in [-0.39, 0.29) is 28.0 Å². The van der Waals surface area contributed by atoms with E-state index in [1.54, 1.807) is 18.2 Å². The number of halogens is 3. The second-order valence-corrected chi connectivity index (χ2v) is 11.4. The van der Waals surface area contributed by atoms with E-state index in [0.717, 1.165) is 53.7 Å². The lowest BCUT2D eigenvalue weighted by Crippen LogP contribution is -2.47. The van der Waals surface area contributed by atoms with Crippen molar-refractivity contribution in [2.45, 2.75) is 51.1 Å². The van der Waals surface area contributed by atoms with Crippen LogP contribution in [-0.2, 0) is 11.0 Å². The van der Waals surface area contributed by atoms with Crippen LogP contribution in [0.3, 0.4) is 0 Å². The molecular weight excluding hydrogens is 495 g/mol. The highest BCUT2D eigenvalue weighted by Crippen LogP contribution is 2.61. The van der Waals surface area contributed by atoms with Gasteiger partial charge < -0.3 is 5.11 Å². The van der Waals surface area contributed by atoms with E-state index in [2.05, 4.69) is 10.5 Å². The number of alkyl halides is 3. The molecular formula is C29H28F3N3O3. The van der Waals surface area contributed by atoms with Crippen molar-refractivity contribution in [3.05, 3.63) is 70.0 Å². The monoisotopic (exact) mass is 523 g/mol. The Morgan fingerprint density at radius 1 is 1.03 bits per heavy atom. The summed E-state index contributed by atoms with van der Waals surface area (Å²) in [6.07, 6.45) is 4.16. The average molecular weight is 524 g/mol. The summed E-state index contributed by atoms with van der Waals surface area (Å²) in [5.41, 5.74) is 1.00. The lowest BCUT2D eigenvalue weighted by molar-refractivity contribution is -0.137. The summed E-state index contributed by atoms with van der Waals surface area (Å²) in [5.74, 6) is 1.40. The molecule has 0 radical (unpaired) electrons. The van der Waals surface area contributed by atoms with Crippen LogP contribution in [0.5, 0.6) is 5.88 Å². The number of aromatic hydroxyl groups is 1. The number of aromatic nitrogens is 1. The molecule has 4 aliphatic carbocycles. The molecule has 7 rings (SSSR count). The van der Waals surface area contributed by atoms with Crippen LogP contribution in [0.1, 0.15) is 56.1 Å². The Morgan fingerprint density at radius 2 is 1.66 bits per heavy atom. The molecule has 0 saturated heterocycles. The number of nitrogens with zero attached hydrogens (tertiary/aromatic N) is 2. The molecule has 4 saturated carbocycles. The van der Waals surface area contributed by atoms with Crippen LogP contribution in [0.4, 0.5) is 13.2 Å². The molecule has 9 heteroatoms. The molecule has 4 bridgehead atoms. The normalized spacial score (nSPS) is 26.3. The molecule has 0 atom stereocenters. The molecule has 38 heavy (non-hydrogen) atoms. The first kappa shape index (κ1) is 24.7. The number of rotatable bonds is 5. The Hall–Kier alpha value is -3.62. The fraction of sp³-hybridized carbons (Fsp3) is 0.414. The van der Waals surface area contributed by atoms with Gasteiger partial charge in [-0.2, -0.15) is 18.3 Å². The molecule has 1 aromatic heterocycles. The summed E-state index contributed by atoms with van der Waals surface area (Å²) in [7, 11) is 0. The first-order valence-corrected chi connectivity index (χ1v) is 13.0. The number of benzene rings is 2. The lowest BCUT2D eigenvalue weighted by atomic mass is 9.49. The number of carbonyl (C=O) groups is 1. The van der Waals surface area contributed by atoms with Gasteiger partial charge in [0.05, 0.1) is 23.0 Å². The fourth-order valence-corrected chi connectivity index (χ4v) is 7.61. The third kappa shape index (κ3) is 4.37. The molecule has 6 nitrogen and oxygen atoms in total. The van der Waals surface area contributed by atoms with E-state index in [9.17, 15) is 27.9 Å². The van der Waals surface area contributed by atoms with Gasteiger partial charge in [-0.1, -0.05) is 24.3 Å². The SMILES string of the molecule is O=C(CC12CC3CC(CC(C3)C1)C2)N/N=C/c1c(O)n(-c2cccc(C(F)(F)F)c2)c(=O)c2ccccc12. The highest BCUT2D eigenvalue weighted by molar-refractivity contribution is 6.02. The highest BCUT2D eigenvalue weighted by atomic mass is 19.4. The number of carbonyl (C=O) groups excluding carboxylic acids is 1. The van der Waals surface area contributed by atoms with Crippen molar-refractivity contribution in [1.82, 2.24) is 9.99 Å². The van der Waals surface area contributed by atoms with Crippen LogP contribution in [0.2, 0.25) is 0 Å². The van der Waals surface area contributed by atoms with Gasteiger partial charge in [-0.15, -0.1) is 0 Å². The second kappa shape index (κ2) is 8.99. The quantitative estimate of drug-likeness (QED) is 0.329. The minimum Gasteiger partial charge on any atom is -0.494 e. The Balaban J connectivity index is 1.30. The Morgan fingerprint density at radius 3 is 2.29 bits per heavy atom. The topological polar surface area (TPSA) is 83.7 Å². The maximum absolute atomic E-state index is 13.3. The van der Waals surface area contributed by atoms with Crippen LogP contribution in [0, 0.1) is 23.2 Å². The minimum atomic E-state index is -4.61. The fourth-order valence-electron chi connectivity index (χ4n) is 7.61. The van der Waals surface area contributed by atoms with Crippen molar-refractivity contribution < 1.29 is 23.1 Å². The summed E-state index contributed by atoms with van der Waals surface area (Å²) >= 11 is 0. The van der Waals surface area contributed by atoms with E-state index in [1.807, 2.05) is 0 Å². The number of fused-ring (bicyclic) bond motifs is 1. The molecule has 1 heterocycles. The standard InChI is InChI=1S/C29H28F3N3O3/c30-29(31,32)20-4-3-5-21(11-20)35-26(37)23-7-2-1-6-22(23)24(27(35)38)16-33-34-25(36)15-28-12-17-8-18(13-28)10-19(9-17)14-28/h1-7,11,16-19,38H,8-10,12-15H2,(H,34,36)/b33-16+. The van der Waals surface area contributed by atoms with Crippen LogP contribution < -0.4 is 11.0 Å². The van der Waals surface area contributed by atoms with Gasteiger partial charge in [0.25, 0.3) is 5.56 Å². The molecule has 2 N–H and O–H groups in total. The van der Waals surface area contributed by atoms with Crippen LogP contribution in [-0.4, -0.2) is 21.8 Å². The van der Waals surface area contributed by atoms with Crippen LogP contribution in [0.15, 0.2) is 58.4 Å². The lowest BCUT2D eigenvalue weighted by Gasteiger charge is -2.56. The number of hydrogen-bond acceptors (Lipinski definition) is 4. The Bertz CT molecular complexity index is 1470. The van der Waals surface area contributed by atoms with E-state index in [4.69, 9.17) is 0 Å². The second-order valence-electron chi connectivity index (χ2n) is 11.4. The van der Waals surface area contributed by atoms with Crippen LogP contribution in [0.25, 0.3) is 16.5 Å². The highest BCUT2D eigenvalue weighted by Gasteiger charge is 2.51. The number of hydrazone groups is 1. The van der Waals surface area contributed by atoms with Crippen molar-refractivity contribution in [2.24, 2.45) is 28.3 Å². The number of nitrogens with one attached hydrogen (secondary N) is 1. The van der Waals surface area contributed by atoms with Crippen molar-refractivity contribution >= 4 is 22.9 Å². The average Bonchev–Trinajstić information content (AvgIpc) is 2.85. The van der Waals surface area contributed by atoms with Gasteiger partial charge in [-0.3, -0.25) is 9.59 Å². The van der Waals surface area contributed by atoms with Gasteiger partial charge in [-0.25, -0.2) is 9.99 Å². The Labute approximate surface area is 217 Å². The van der Waals surface area contributed by atoms with Gasteiger partial charge in [0.2, 0.25) is 11.8 Å². The van der Waals surface area contributed by atoms with E-state index in [0.29, 0.717) is 11.8 Å². The smallest absolute Gasteiger partial charge is 0.416 e. The maximum atomic E-state index is 13.3. The first-order chi connectivity index (χ1) is 18.1. The largest absolute Gasteiger partial charge is 0.494 e. The summed E-state index contributed by atoms with van der Waals surface area (Å²) in [5, 5.41) is 15.7. The molecule has 4 fully saturated rings. The molecule has 4 aliphatic rings. The van der Waals surface area contributed by atoms with Gasteiger partial charge in [0.1, 0.15) is 0 Å². The van der Waals surface area contributed by atoms with Gasteiger partial charge in [0.15, 0.2) is 0 Å². The summed E-state index contributed by atoms with van der Waals surface area (Å²) in [4.78, 5) is 26.1. The maximum Gasteiger partial charge on any atom is 0.416 e. The summed E-state index contributed by atoms with van der Waals surface area (Å²) in [6.45, 7) is 0. The third-order valence-electron chi connectivity index (χ3n) is 8.62. The zero-order valence-electron chi connectivity index (χ0n) is 20.7. The number of hydrogen-bond donors (Lipinski definition) is 2. The van der Waals surface area contributed by atoms with Crippen molar-refractivity contribution in [2.75, 3.05) is 0 Å². The van der Waals surface area contributed by atoms with Gasteiger partial charge in [0, 0.05) is 17.2 Å². The van der Waals surface area contributed by atoms with Gasteiger partial charge >= 0.3 is 6.18 Å². The molecule has 1 amide bonds. The third-order valence-corrected chi connectivity index (χ3v) is 8.62.